The molecule has 0 bridgehead atoms. The summed E-state index contributed by atoms with van der Waals surface area (Å²) in [6, 6.07) is 39.9. The predicted molar refractivity (Wildman–Crippen MR) is 232 cm³/mol. The van der Waals surface area contributed by atoms with Gasteiger partial charge < -0.3 is 19.1 Å². The molecule has 1 aliphatic carbocycles. The lowest BCUT2D eigenvalue weighted by Gasteiger charge is -2.38. The van der Waals surface area contributed by atoms with Crippen molar-refractivity contribution < 1.29 is 19.0 Å². The highest BCUT2D eigenvalue weighted by Crippen LogP contribution is 2.59. The van der Waals surface area contributed by atoms with Crippen LogP contribution in [0.2, 0.25) is 0 Å². The standard InChI is InChI=1S/C52H51NO4/c1-5-6-7-9-16-35-21-23-36(24-22-35)50(54)56-46-33-42-43(34-45(46)55-4)49-41(48-47(42)40-19-12-13-20-44(40)51(48,2)3)29-30-52(57-49,37-17-10-8-11-18-37)38-25-27-39(28-26-38)53-31-14-15-32-53/h8,10-13,17-30,33-34H,5-7,9,14-16,31-32H2,1-4H3. The number of rotatable bonds is 11. The van der Waals surface area contributed by atoms with E-state index in [4.69, 9.17) is 14.2 Å². The number of esters is 1. The van der Waals surface area contributed by atoms with Crippen LogP contribution in [0.1, 0.15) is 103 Å². The Balaban J connectivity index is 1.18. The fourth-order valence-electron chi connectivity index (χ4n) is 9.48. The molecule has 0 saturated carbocycles. The number of fused-ring (bicyclic) bond motifs is 8. The SMILES string of the molecule is CCCCCCc1ccc(C(=O)Oc2cc3c4c(c5c(c3cc2OC)OC(c2ccccc2)(c2ccc(N3CCCC3)cc2)C=C5)C(C)(C)c2ccccc2-4)cc1. The maximum absolute atomic E-state index is 13.8. The fourth-order valence-corrected chi connectivity index (χ4v) is 9.48. The topological polar surface area (TPSA) is 48.0 Å². The molecule has 1 fully saturated rings. The van der Waals surface area contributed by atoms with E-state index in [2.05, 4.69) is 111 Å². The maximum Gasteiger partial charge on any atom is 0.343 e. The zero-order valence-corrected chi connectivity index (χ0v) is 33.6. The van der Waals surface area contributed by atoms with Crippen molar-refractivity contribution >= 4 is 28.5 Å². The van der Waals surface area contributed by atoms with Gasteiger partial charge >= 0.3 is 5.97 Å². The van der Waals surface area contributed by atoms with Gasteiger partial charge in [0.25, 0.3) is 0 Å². The monoisotopic (exact) mass is 753 g/mol. The van der Waals surface area contributed by atoms with E-state index in [1.54, 1.807) is 7.11 Å². The number of carbonyl (C=O) groups is 1. The third-order valence-electron chi connectivity index (χ3n) is 12.5. The number of carbonyl (C=O) groups excluding carboxylic acids is 1. The molecule has 1 atom stereocenters. The summed E-state index contributed by atoms with van der Waals surface area (Å²) in [6.45, 7) is 9.00. The Hall–Kier alpha value is -5.81. The zero-order chi connectivity index (χ0) is 39.1. The summed E-state index contributed by atoms with van der Waals surface area (Å²) in [4.78, 5) is 16.3. The highest BCUT2D eigenvalue weighted by molar-refractivity contribution is 6.10. The number of methoxy groups -OCH3 is 1. The molecule has 9 rings (SSSR count). The van der Waals surface area contributed by atoms with E-state index in [0.717, 1.165) is 64.7 Å². The quantitative estimate of drug-likeness (QED) is 0.0749. The lowest BCUT2D eigenvalue weighted by molar-refractivity contribution is 0.0730. The van der Waals surface area contributed by atoms with E-state index in [0.29, 0.717) is 17.1 Å². The van der Waals surface area contributed by atoms with E-state index in [1.807, 2.05) is 42.5 Å². The van der Waals surface area contributed by atoms with Crippen LogP contribution in [0.5, 0.6) is 17.2 Å². The second-order valence-electron chi connectivity index (χ2n) is 16.4. The largest absolute Gasteiger partial charge is 0.493 e. The number of anilines is 1. The first kappa shape index (κ1) is 36.8. The van der Waals surface area contributed by atoms with Crippen LogP contribution in [0.3, 0.4) is 0 Å². The number of aryl methyl sites for hydroxylation is 1. The molecule has 0 amide bonds. The van der Waals surface area contributed by atoms with E-state index in [-0.39, 0.29) is 5.41 Å². The molecule has 6 aromatic carbocycles. The summed E-state index contributed by atoms with van der Waals surface area (Å²) in [6.07, 6.45) is 12.8. The van der Waals surface area contributed by atoms with Gasteiger partial charge in [0.1, 0.15) is 5.75 Å². The molecular formula is C52H51NO4. The van der Waals surface area contributed by atoms with Gasteiger partial charge in [-0.2, -0.15) is 0 Å². The molecule has 1 unspecified atom stereocenters. The van der Waals surface area contributed by atoms with Crippen molar-refractivity contribution in [3.05, 3.63) is 160 Å². The third-order valence-corrected chi connectivity index (χ3v) is 12.5. The molecule has 1 saturated heterocycles. The Morgan fingerprint density at radius 3 is 2.21 bits per heavy atom. The normalized spacial score (nSPS) is 17.5. The molecule has 288 valence electrons. The van der Waals surface area contributed by atoms with Gasteiger partial charge in [0.15, 0.2) is 17.1 Å². The molecule has 6 aromatic rings. The average Bonchev–Trinajstić information content (AvgIpc) is 3.88. The summed E-state index contributed by atoms with van der Waals surface area (Å²) < 4.78 is 19.8. The van der Waals surface area contributed by atoms with Gasteiger partial charge in [0.2, 0.25) is 0 Å². The number of benzene rings is 6. The molecular weight excluding hydrogens is 703 g/mol. The number of nitrogens with zero attached hydrogens (tertiary/aromatic N) is 1. The van der Waals surface area contributed by atoms with Crippen LogP contribution in [0, 0.1) is 0 Å². The van der Waals surface area contributed by atoms with Crippen molar-refractivity contribution in [2.75, 3.05) is 25.1 Å². The summed E-state index contributed by atoms with van der Waals surface area (Å²) in [5.41, 5.74) is 9.68. The van der Waals surface area contributed by atoms with E-state index >= 15 is 0 Å². The Morgan fingerprint density at radius 1 is 0.772 bits per heavy atom. The molecule has 57 heavy (non-hydrogen) atoms. The van der Waals surface area contributed by atoms with Crippen LogP contribution in [-0.2, 0) is 17.4 Å². The van der Waals surface area contributed by atoms with Gasteiger partial charge in [-0.05, 0) is 101 Å². The Kier molecular flexibility index (Phi) is 9.64. The zero-order valence-electron chi connectivity index (χ0n) is 33.6. The molecule has 5 heteroatoms. The summed E-state index contributed by atoms with van der Waals surface area (Å²) >= 11 is 0. The number of hydrogen-bond acceptors (Lipinski definition) is 5. The van der Waals surface area contributed by atoms with Crippen molar-refractivity contribution in [3.63, 3.8) is 0 Å². The molecule has 0 spiro atoms. The van der Waals surface area contributed by atoms with E-state index in [9.17, 15) is 4.79 Å². The second kappa shape index (κ2) is 14.9. The summed E-state index contributed by atoms with van der Waals surface area (Å²) in [5, 5.41) is 1.85. The van der Waals surface area contributed by atoms with Gasteiger partial charge in [-0.15, -0.1) is 0 Å². The first-order valence-electron chi connectivity index (χ1n) is 20.7. The molecule has 5 nitrogen and oxygen atoms in total. The van der Waals surface area contributed by atoms with Gasteiger partial charge in [0.05, 0.1) is 12.7 Å². The fraction of sp³-hybridized carbons (Fsp3) is 0.288. The summed E-state index contributed by atoms with van der Waals surface area (Å²) in [5.74, 6) is 1.21. The molecule has 0 aromatic heterocycles. The third kappa shape index (κ3) is 6.38. The van der Waals surface area contributed by atoms with Crippen molar-refractivity contribution in [1.82, 2.24) is 0 Å². The van der Waals surface area contributed by atoms with E-state index < -0.39 is 11.6 Å². The second-order valence-corrected chi connectivity index (χ2v) is 16.4. The van der Waals surface area contributed by atoms with Crippen LogP contribution in [-0.4, -0.2) is 26.2 Å². The number of ether oxygens (including phenoxy) is 3. The van der Waals surface area contributed by atoms with Crippen molar-refractivity contribution in [2.24, 2.45) is 0 Å². The maximum atomic E-state index is 13.8. The van der Waals surface area contributed by atoms with Crippen LogP contribution >= 0.6 is 0 Å². The lowest BCUT2D eigenvalue weighted by Crippen LogP contribution is -2.35. The molecule has 2 aliphatic heterocycles. The Morgan fingerprint density at radius 2 is 1.47 bits per heavy atom. The Bertz CT molecular complexity index is 2480. The minimum absolute atomic E-state index is 0.322. The first-order valence-corrected chi connectivity index (χ1v) is 20.7. The molecule has 0 N–H and O–H groups in total. The highest BCUT2D eigenvalue weighted by atomic mass is 16.6. The molecule has 3 aliphatic rings. The Labute approximate surface area is 336 Å². The molecule has 0 radical (unpaired) electrons. The minimum atomic E-state index is -0.894. The lowest BCUT2D eigenvalue weighted by atomic mass is 9.76. The van der Waals surface area contributed by atoms with Crippen LogP contribution < -0.4 is 19.1 Å². The smallest absolute Gasteiger partial charge is 0.343 e. The van der Waals surface area contributed by atoms with Crippen molar-refractivity contribution in [3.8, 4) is 28.4 Å². The highest BCUT2D eigenvalue weighted by Gasteiger charge is 2.44. The minimum Gasteiger partial charge on any atom is -0.493 e. The van der Waals surface area contributed by atoms with Crippen LogP contribution in [0.4, 0.5) is 5.69 Å². The average molecular weight is 754 g/mol. The van der Waals surface area contributed by atoms with Crippen LogP contribution in [0.25, 0.3) is 28.0 Å². The van der Waals surface area contributed by atoms with Crippen molar-refractivity contribution in [2.45, 2.75) is 76.7 Å². The summed E-state index contributed by atoms with van der Waals surface area (Å²) in [7, 11) is 1.63. The van der Waals surface area contributed by atoms with Gasteiger partial charge in [0, 0.05) is 46.3 Å². The number of hydrogen-bond donors (Lipinski definition) is 0. The predicted octanol–water partition coefficient (Wildman–Crippen LogP) is 12.4. The molecule has 2 heterocycles. The van der Waals surface area contributed by atoms with Gasteiger partial charge in [-0.25, -0.2) is 4.79 Å². The number of unbranched alkanes of at least 4 members (excludes halogenated alkanes) is 3. The van der Waals surface area contributed by atoms with Crippen molar-refractivity contribution in [1.29, 1.82) is 0 Å². The first-order chi connectivity index (χ1) is 27.8. The van der Waals surface area contributed by atoms with Gasteiger partial charge in [-0.3, -0.25) is 0 Å². The van der Waals surface area contributed by atoms with Gasteiger partial charge in [-0.1, -0.05) is 125 Å². The van der Waals surface area contributed by atoms with E-state index in [1.165, 1.54) is 60.0 Å². The van der Waals surface area contributed by atoms with Crippen LogP contribution in [0.15, 0.2) is 121 Å².